The predicted molar refractivity (Wildman–Crippen MR) is 115 cm³/mol. The minimum Gasteiger partial charge on any atom is -0.493 e. The minimum absolute atomic E-state index is 0.0537. The molecule has 1 aliphatic heterocycles. The van der Waals surface area contributed by atoms with Gasteiger partial charge in [-0.1, -0.05) is 5.16 Å². The highest BCUT2D eigenvalue weighted by Crippen LogP contribution is 2.32. The molecular weight excluding hydrogens is 399 g/mol. The van der Waals surface area contributed by atoms with Gasteiger partial charge in [-0.25, -0.2) is 4.39 Å². The van der Waals surface area contributed by atoms with Gasteiger partial charge in [0.1, 0.15) is 17.1 Å². The first-order valence-corrected chi connectivity index (χ1v) is 10.6. The Morgan fingerprint density at radius 2 is 1.90 bits per heavy atom. The zero-order chi connectivity index (χ0) is 21.2. The predicted octanol–water partition coefficient (Wildman–Crippen LogP) is 4.72. The number of piperidine rings is 1. The van der Waals surface area contributed by atoms with Crippen molar-refractivity contribution >= 4 is 21.9 Å². The second-order valence-corrected chi connectivity index (χ2v) is 7.97. The average Bonchev–Trinajstić information content (AvgIpc) is 3.20. The fourth-order valence-electron chi connectivity index (χ4n) is 4.29. The Balaban J connectivity index is 1.10. The van der Waals surface area contributed by atoms with Crippen LogP contribution in [-0.2, 0) is 0 Å². The molecule has 160 valence electrons. The van der Waals surface area contributed by atoms with Gasteiger partial charge in [-0.05, 0) is 56.6 Å². The SMILES string of the molecule is O=c1ccoc2cc(OCCCN3CCC(c4noc5cc(F)ccc45)CC3)ccc12. The van der Waals surface area contributed by atoms with Crippen LogP contribution in [-0.4, -0.2) is 36.3 Å². The summed E-state index contributed by atoms with van der Waals surface area (Å²) in [4.78, 5) is 14.2. The lowest BCUT2D eigenvalue weighted by atomic mass is 9.91. The van der Waals surface area contributed by atoms with Gasteiger partial charge in [-0.2, -0.15) is 0 Å². The summed E-state index contributed by atoms with van der Waals surface area (Å²) in [5, 5.41) is 5.69. The topological polar surface area (TPSA) is 68.7 Å². The molecule has 0 radical (unpaired) electrons. The molecule has 1 fully saturated rings. The van der Waals surface area contributed by atoms with E-state index in [1.54, 1.807) is 24.3 Å². The molecule has 1 saturated heterocycles. The number of hydrogen-bond donors (Lipinski definition) is 0. The molecule has 5 rings (SSSR count). The summed E-state index contributed by atoms with van der Waals surface area (Å²) >= 11 is 0. The average molecular weight is 422 g/mol. The first-order valence-electron chi connectivity index (χ1n) is 10.6. The highest BCUT2D eigenvalue weighted by Gasteiger charge is 2.25. The van der Waals surface area contributed by atoms with Crippen molar-refractivity contribution in [3.05, 3.63) is 70.5 Å². The number of benzene rings is 2. The van der Waals surface area contributed by atoms with Gasteiger partial charge in [0.2, 0.25) is 0 Å². The molecule has 0 N–H and O–H groups in total. The van der Waals surface area contributed by atoms with E-state index in [1.807, 2.05) is 0 Å². The van der Waals surface area contributed by atoms with Crippen LogP contribution < -0.4 is 10.2 Å². The van der Waals surface area contributed by atoms with E-state index in [-0.39, 0.29) is 11.2 Å². The number of halogens is 1. The van der Waals surface area contributed by atoms with E-state index in [0.717, 1.165) is 50.0 Å². The third kappa shape index (κ3) is 4.18. The summed E-state index contributed by atoms with van der Waals surface area (Å²) in [6, 6.07) is 11.3. The molecule has 7 heteroatoms. The van der Waals surface area contributed by atoms with Gasteiger partial charge in [0.15, 0.2) is 11.0 Å². The molecule has 4 aromatic rings. The van der Waals surface area contributed by atoms with E-state index in [2.05, 4.69) is 10.1 Å². The molecule has 0 amide bonds. The zero-order valence-corrected chi connectivity index (χ0v) is 17.1. The molecule has 0 bridgehead atoms. The summed E-state index contributed by atoms with van der Waals surface area (Å²) in [6.07, 6.45) is 4.32. The van der Waals surface area contributed by atoms with Crippen molar-refractivity contribution < 1.29 is 18.1 Å². The quantitative estimate of drug-likeness (QED) is 0.419. The maximum Gasteiger partial charge on any atom is 0.192 e. The van der Waals surface area contributed by atoms with Crippen LogP contribution in [0, 0.1) is 5.82 Å². The summed E-state index contributed by atoms with van der Waals surface area (Å²) in [5.41, 5.74) is 1.95. The van der Waals surface area contributed by atoms with Crippen molar-refractivity contribution in [3.8, 4) is 5.75 Å². The van der Waals surface area contributed by atoms with E-state index >= 15 is 0 Å². The number of rotatable bonds is 6. The number of ether oxygens (including phenoxy) is 1. The van der Waals surface area contributed by atoms with E-state index in [4.69, 9.17) is 13.7 Å². The summed E-state index contributed by atoms with van der Waals surface area (Å²) in [7, 11) is 0. The lowest BCUT2D eigenvalue weighted by Crippen LogP contribution is -2.34. The van der Waals surface area contributed by atoms with Crippen LogP contribution in [0.15, 0.2) is 62.5 Å². The first-order chi connectivity index (χ1) is 15.2. The van der Waals surface area contributed by atoms with E-state index in [1.165, 1.54) is 24.5 Å². The van der Waals surface area contributed by atoms with Crippen LogP contribution >= 0.6 is 0 Å². The van der Waals surface area contributed by atoms with Crippen LogP contribution in [0.2, 0.25) is 0 Å². The molecule has 0 atom stereocenters. The second kappa shape index (κ2) is 8.51. The summed E-state index contributed by atoms with van der Waals surface area (Å²) < 4.78 is 29.9. The highest BCUT2D eigenvalue weighted by atomic mass is 19.1. The Morgan fingerprint density at radius 1 is 1.06 bits per heavy atom. The van der Waals surface area contributed by atoms with Crippen molar-refractivity contribution in [2.45, 2.75) is 25.2 Å². The zero-order valence-electron chi connectivity index (χ0n) is 17.1. The van der Waals surface area contributed by atoms with Crippen molar-refractivity contribution in [2.24, 2.45) is 0 Å². The molecule has 1 aliphatic rings. The summed E-state index contributed by atoms with van der Waals surface area (Å²) in [5.74, 6) is 0.738. The van der Waals surface area contributed by atoms with Crippen molar-refractivity contribution in [1.82, 2.24) is 10.1 Å². The highest BCUT2D eigenvalue weighted by molar-refractivity contribution is 5.80. The Hall–Kier alpha value is -3.19. The van der Waals surface area contributed by atoms with E-state index in [0.29, 0.717) is 34.8 Å². The molecule has 0 unspecified atom stereocenters. The number of hydrogen-bond acceptors (Lipinski definition) is 6. The molecule has 3 heterocycles. The van der Waals surface area contributed by atoms with Gasteiger partial charge in [0.25, 0.3) is 0 Å². The number of fused-ring (bicyclic) bond motifs is 2. The maximum absolute atomic E-state index is 13.4. The fourth-order valence-corrected chi connectivity index (χ4v) is 4.29. The molecule has 0 aliphatic carbocycles. The van der Waals surface area contributed by atoms with Crippen LogP contribution in [0.4, 0.5) is 4.39 Å². The standard InChI is InChI=1S/C24H23FN2O4/c25-17-2-4-20-23(14-17)31-26-24(20)16-6-10-27(11-7-16)9-1-12-29-18-3-5-19-21(28)8-13-30-22(19)15-18/h2-5,8,13-16H,1,6-7,9-12H2. The third-order valence-electron chi connectivity index (χ3n) is 5.96. The van der Waals surface area contributed by atoms with Gasteiger partial charge in [0.05, 0.1) is 24.0 Å². The van der Waals surface area contributed by atoms with Gasteiger partial charge in [0, 0.05) is 36.0 Å². The van der Waals surface area contributed by atoms with E-state index in [9.17, 15) is 9.18 Å². The maximum atomic E-state index is 13.4. The Morgan fingerprint density at radius 3 is 2.77 bits per heavy atom. The van der Waals surface area contributed by atoms with E-state index < -0.39 is 0 Å². The molecule has 0 spiro atoms. The second-order valence-electron chi connectivity index (χ2n) is 7.97. The largest absolute Gasteiger partial charge is 0.493 e. The molecule has 2 aromatic heterocycles. The Kier molecular flexibility index (Phi) is 5.42. The fraction of sp³-hybridized carbons (Fsp3) is 0.333. The first kappa shape index (κ1) is 19.8. The number of nitrogens with zero attached hydrogens (tertiary/aromatic N) is 2. The van der Waals surface area contributed by atoms with Crippen LogP contribution in [0.5, 0.6) is 5.75 Å². The monoisotopic (exact) mass is 422 g/mol. The molecule has 2 aromatic carbocycles. The molecule has 6 nitrogen and oxygen atoms in total. The Labute approximate surface area is 178 Å². The van der Waals surface area contributed by atoms with Crippen molar-refractivity contribution in [2.75, 3.05) is 26.2 Å². The van der Waals surface area contributed by atoms with Gasteiger partial charge in [-0.15, -0.1) is 0 Å². The lowest BCUT2D eigenvalue weighted by Gasteiger charge is -2.31. The van der Waals surface area contributed by atoms with Gasteiger partial charge >= 0.3 is 0 Å². The lowest BCUT2D eigenvalue weighted by molar-refractivity contribution is 0.191. The molecule has 0 saturated carbocycles. The normalized spacial score (nSPS) is 15.6. The Bertz CT molecular complexity index is 1260. The minimum atomic E-state index is -0.305. The molecule has 31 heavy (non-hydrogen) atoms. The van der Waals surface area contributed by atoms with Crippen molar-refractivity contribution in [3.63, 3.8) is 0 Å². The van der Waals surface area contributed by atoms with Crippen LogP contribution in [0.1, 0.15) is 30.9 Å². The number of likely N-dealkylation sites (tertiary alicyclic amines) is 1. The number of aromatic nitrogens is 1. The van der Waals surface area contributed by atoms with Crippen LogP contribution in [0.25, 0.3) is 21.9 Å². The smallest absolute Gasteiger partial charge is 0.192 e. The third-order valence-corrected chi connectivity index (χ3v) is 5.96. The van der Waals surface area contributed by atoms with Crippen LogP contribution in [0.3, 0.4) is 0 Å². The molecular formula is C24H23FN2O4. The van der Waals surface area contributed by atoms with Crippen molar-refractivity contribution in [1.29, 1.82) is 0 Å². The van der Waals surface area contributed by atoms with Gasteiger partial charge < -0.3 is 18.6 Å². The van der Waals surface area contributed by atoms with Gasteiger partial charge in [-0.3, -0.25) is 4.79 Å². The summed E-state index contributed by atoms with van der Waals surface area (Å²) in [6.45, 7) is 3.53.